The fraction of sp³-hybridized carbons (Fsp3) is 0.462. The van der Waals surface area contributed by atoms with Crippen LogP contribution in [-0.2, 0) is 16.6 Å². The molecule has 22 heavy (non-hydrogen) atoms. The average Bonchev–Trinajstić information content (AvgIpc) is 3.16. The summed E-state index contributed by atoms with van der Waals surface area (Å²) in [7, 11) is -3.72. The van der Waals surface area contributed by atoms with Crippen LogP contribution < -0.4 is 4.72 Å². The van der Waals surface area contributed by atoms with E-state index >= 15 is 0 Å². The summed E-state index contributed by atoms with van der Waals surface area (Å²) >= 11 is 0. The molecule has 1 N–H and O–H groups in total. The predicted molar refractivity (Wildman–Crippen MR) is 75.7 cm³/mol. The zero-order valence-electron chi connectivity index (χ0n) is 11.8. The van der Waals surface area contributed by atoms with Crippen LogP contribution in [0.15, 0.2) is 29.2 Å². The molecule has 0 saturated heterocycles. The Kier molecular flexibility index (Phi) is 4.16. The largest absolute Gasteiger partial charge is 0.240 e. The molecule has 0 spiro atoms. The highest BCUT2D eigenvalue weighted by atomic mass is 32.2. The Labute approximate surface area is 127 Å². The normalized spacial score (nSPS) is 16.2. The first-order chi connectivity index (χ1) is 10.6. The van der Waals surface area contributed by atoms with Crippen LogP contribution in [0.1, 0.15) is 37.5 Å². The molecule has 9 heteroatoms. The molecule has 0 amide bonds. The van der Waals surface area contributed by atoms with Crippen molar-refractivity contribution in [3.8, 4) is 0 Å². The van der Waals surface area contributed by atoms with E-state index in [1.807, 2.05) is 0 Å². The van der Waals surface area contributed by atoms with Crippen LogP contribution in [-0.4, -0.2) is 28.6 Å². The van der Waals surface area contributed by atoms with Crippen LogP contribution in [0, 0.1) is 5.82 Å². The van der Waals surface area contributed by atoms with E-state index in [4.69, 9.17) is 0 Å². The summed E-state index contributed by atoms with van der Waals surface area (Å²) in [5.74, 6) is 0.00159. The molecular weight excluding hydrogens is 309 g/mol. The van der Waals surface area contributed by atoms with Crippen molar-refractivity contribution >= 4 is 10.0 Å². The Morgan fingerprint density at radius 3 is 2.59 bits per heavy atom. The van der Waals surface area contributed by atoms with Crippen molar-refractivity contribution < 1.29 is 12.8 Å². The van der Waals surface area contributed by atoms with Crippen LogP contribution in [0.2, 0.25) is 0 Å². The van der Waals surface area contributed by atoms with Gasteiger partial charge in [0.25, 0.3) is 0 Å². The number of hydrogen-bond acceptors (Lipinski definition) is 5. The minimum Gasteiger partial charge on any atom is -0.225 e. The molecule has 118 valence electrons. The van der Waals surface area contributed by atoms with E-state index in [2.05, 4.69) is 20.2 Å². The van der Waals surface area contributed by atoms with E-state index in [0.29, 0.717) is 5.82 Å². The highest BCUT2D eigenvalue weighted by molar-refractivity contribution is 7.89. The van der Waals surface area contributed by atoms with Gasteiger partial charge in [-0.15, -0.1) is 5.10 Å². The van der Waals surface area contributed by atoms with Gasteiger partial charge in [-0.25, -0.2) is 22.2 Å². The standard InChI is InChI=1S/C13H16FN5O2S/c14-10-5-7-12(8-6-10)22(20,21)15-9-13-16-17-18-19(13)11-3-1-2-4-11/h5-8,11,15H,1-4,9H2. The van der Waals surface area contributed by atoms with E-state index in [0.717, 1.165) is 37.8 Å². The minimum atomic E-state index is -3.72. The molecule has 0 unspecified atom stereocenters. The van der Waals surface area contributed by atoms with Crippen molar-refractivity contribution in [1.29, 1.82) is 0 Å². The van der Waals surface area contributed by atoms with Gasteiger partial charge < -0.3 is 0 Å². The van der Waals surface area contributed by atoms with Gasteiger partial charge in [-0.2, -0.15) is 0 Å². The number of rotatable bonds is 5. The Morgan fingerprint density at radius 1 is 1.23 bits per heavy atom. The van der Waals surface area contributed by atoms with E-state index in [1.165, 1.54) is 12.1 Å². The molecule has 1 aromatic heterocycles. The smallest absolute Gasteiger partial charge is 0.225 e. The molecule has 0 bridgehead atoms. The third kappa shape index (κ3) is 3.14. The second kappa shape index (κ2) is 6.09. The number of nitrogens with zero attached hydrogens (tertiary/aromatic N) is 4. The number of aromatic nitrogens is 4. The van der Waals surface area contributed by atoms with Gasteiger partial charge in [0.2, 0.25) is 10.0 Å². The summed E-state index contributed by atoms with van der Waals surface area (Å²) in [5.41, 5.74) is 0. The lowest BCUT2D eigenvalue weighted by atomic mass is 10.2. The average molecular weight is 325 g/mol. The fourth-order valence-corrected chi connectivity index (χ4v) is 3.60. The molecule has 3 rings (SSSR count). The molecule has 0 radical (unpaired) electrons. The third-order valence-electron chi connectivity index (χ3n) is 3.78. The Morgan fingerprint density at radius 2 is 1.91 bits per heavy atom. The number of halogens is 1. The summed E-state index contributed by atoms with van der Waals surface area (Å²) in [6.07, 6.45) is 4.27. The molecule has 1 aromatic carbocycles. The van der Waals surface area contributed by atoms with Gasteiger partial charge >= 0.3 is 0 Å². The van der Waals surface area contributed by atoms with Crippen molar-refractivity contribution in [3.05, 3.63) is 35.9 Å². The first-order valence-corrected chi connectivity index (χ1v) is 8.56. The number of nitrogens with one attached hydrogen (secondary N) is 1. The summed E-state index contributed by atoms with van der Waals surface area (Å²) in [4.78, 5) is 0.00814. The summed E-state index contributed by atoms with van der Waals surface area (Å²) in [6, 6.07) is 4.89. The van der Waals surface area contributed by atoms with Crippen molar-refractivity contribution in [2.24, 2.45) is 0 Å². The number of sulfonamides is 1. The van der Waals surface area contributed by atoms with Crippen LogP contribution in [0.3, 0.4) is 0 Å². The van der Waals surface area contributed by atoms with E-state index in [9.17, 15) is 12.8 Å². The lowest BCUT2D eigenvalue weighted by Crippen LogP contribution is -2.26. The molecule has 1 heterocycles. The van der Waals surface area contributed by atoms with Gasteiger partial charge in [-0.1, -0.05) is 12.8 Å². The Bertz CT molecular complexity index is 738. The molecule has 1 aliphatic carbocycles. The van der Waals surface area contributed by atoms with Gasteiger partial charge in [0.05, 0.1) is 17.5 Å². The predicted octanol–water partition coefficient (Wildman–Crippen LogP) is 1.41. The highest BCUT2D eigenvalue weighted by Crippen LogP contribution is 2.29. The second-order valence-electron chi connectivity index (χ2n) is 5.26. The van der Waals surface area contributed by atoms with Crippen molar-refractivity contribution in [2.45, 2.75) is 43.2 Å². The summed E-state index contributed by atoms with van der Waals surface area (Å²) < 4.78 is 41.3. The third-order valence-corrected chi connectivity index (χ3v) is 5.19. The van der Waals surface area contributed by atoms with Crippen LogP contribution in [0.5, 0.6) is 0 Å². The minimum absolute atomic E-state index is 0.00318. The van der Waals surface area contributed by atoms with Crippen LogP contribution in [0.4, 0.5) is 4.39 Å². The summed E-state index contributed by atoms with van der Waals surface area (Å²) in [5, 5.41) is 11.5. The van der Waals surface area contributed by atoms with Crippen LogP contribution in [0.25, 0.3) is 0 Å². The van der Waals surface area contributed by atoms with E-state index in [1.54, 1.807) is 4.68 Å². The van der Waals surface area contributed by atoms with Gasteiger partial charge in [-0.05, 0) is 47.5 Å². The Balaban J connectivity index is 1.72. The van der Waals surface area contributed by atoms with Crippen molar-refractivity contribution in [3.63, 3.8) is 0 Å². The first-order valence-electron chi connectivity index (χ1n) is 7.08. The number of hydrogen-bond donors (Lipinski definition) is 1. The molecule has 0 atom stereocenters. The Hall–Kier alpha value is -1.87. The quantitative estimate of drug-likeness (QED) is 0.897. The number of tetrazole rings is 1. The zero-order valence-corrected chi connectivity index (χ0v) is 12.6. The lowest BCUT2D eigenvalue weighted by Gasteiger charge is -2.12. The van der Waals surface area contributed by atoms with Gasteiger partial charge in [0.1, 0.15) is 5.82 Å². The first kappa shape index (κ1) is 15.0. The molecule has 0 aliphatic heterocycles. The molecular formula is C13H16FN5O2S. The maximum absolute atomic E-state index is 12.9. The molecule has 7 nitrogen and oxygen atoms in total. The molecule has 1 saturated carbocycles. The fourth-order valence-electron chi connectivity index (χ4n) is 2.62. The van der Waals surface area contributed by atoms with Crippen LogP contribution >= 0.6 is 0 Å². The van der Waals surface area contributed by atoms with E-state index < -0.39 is 15.8 Å². The van der Waals surface area contributed by atoms with E-state index in [-0.39, 0.29) is 17.5 Å². The summed E-state index contributed by atoms with van der Waals surface area (Å²) in [6.45, 7) is 0.00318. The highest BCUT2D eigenvalue weighted by Gasteiger charge is 2.22. The van der Waals surface area contributed by atoms with Crippen molar-refractivity contribution in [1.82, 2.24) is 24.9 Å². The monoisotopic (exact) mass is 325 g/mol. The lowest BCUT2D eigenvalue weighted by molar-refractivity contribution is 0.435. The molecule has 2 aromatic rings. The molecule has 1 fully saturated rings. The maximum atomic E-state index is 12.9. The number of benzene rings is 1. The topological polar surface area (TPSA) is 89.8 Å². The van der Waals surface area contributed by atoms with Gasteiger partial charge in [-0.3, -0.25) is 0 Å². The second-order valence-corrected chi connectivity index (χ2v) is 7.02. The van der Waals surface area contributed by atoms with Crippen molar-refractivity contribution in [2.75, 3.05) is 0 Å². The van der Waals surface area contributed by atoms with Gasteiger partial charge in [0.15, 0.2) is 5.82 Å². The SMILES string of the molecule is O=S(=O)(NCc1nnnn1C1CCCC1)c1ccc(F)cc1. The molecule has 1 aliphatic rings. The van der Waals surface area contributed by atoms with Gasteiger partial charge in [0, 0.05) is 0 Å². The maximum Gasteiger partial charge on any atom is 0.240 e. The zero-order chi connectivity index (χ0) is 15.6.